The van der Waals surface area contributed by atoms with Crippen LogP contribution in [0.4, 0.5) is 0 Å². The Labute approximate surface area is 65.3 Å². The Morgan fingerprint density at radius 3 is 2.09 bits per heavy atom. The molecule has 2 nitrogen and oxygen atoms in total. The van der Waals surface area contributed by atoms with Crippen LogP contribution in [0.1, 0.15) is 0 Å². The Morgan fingerprint density at radius 1 is 1.36 bits per heavy atom. The first kappa shape index (κ1) is 7.36. The van der Waals surface area contributed by atoms with Crippen molar-refractivity contribution in [2.24, 2.45) is 0 Å². The monoisotopic (exact) mass is 145 g/mol. The van der Waals surface area contributed by atoms with Crippen molar-refractivity contribution in [2.75, 3.05) is 0 Å². The molecular weight excluding hydrogens is 138 g/mol. The third-order valence-electron chi connectivity index (χ3n) is 1.12. The summed E-state index contributed by atoms with van der Waals surface area (Å²) >= 11 is 0. The minimum atomic E-state index is 1.03. The number of ether oxygens (including phenoxy) is 1. The van der Waals surface area contributed by atoms with Crippen LogP contribution in [0.15, 0.2) is 36.9 Å². The van der Waals surface area contributed by atoms with E-state index >= 15 is 0 Å². The number of benzene rings is 1. The van der Waals surface area contributed by atoms with Crippen molar-refractivity contribution in [2.45, 2.75) is 0 Å². The van der Waals surface area contributed by atoms with E-state index < -0.39 is 0 Å². The topological polar surface area (TPSA) is 36.3 Å². The zero-order chi connectivity index (χ0) is 8.10. The van der Waals surface area contributed by atoms with Gasteiger partial charge in [-0.05, 0) is 12.1 Å². The van der Waals surface area contributed by atoms with Gasteiger partial charge in [0.15, 0.2) is 11.5 Å². The number of allylic oxidation sites excluding steroid dienone is 1. The van der Waals surface area contributed by atoms with Crippen LogP contribution in [0.5, 0.6) is 11.5 Å². The van der Waals surface area contributed by atoms with E-state index in [2.05, 4.69) is 6.58 Å². The number of hydrogen-bond donors (Lipinski definition) is 0. The second kappa shape index (κ2) is 3.43. The van der Waals surface area contributed by atoms with Crippen molar-refractivity contribution in [3.05, 3.63) is 36.9 Å². The molecule has 0 fully saturated rings. The Balaban J connectivity index is 0.000000134. The molecule has 0 amide bonds. The second-order valence-electron chi connectivity index (χ2n) is 1.88. The molecule has 1 aromatic carbocycles. The number of nitrogens with zero attached hydrogens (tertiary/aromatic N) is 1. The summed E-state index contributed by atoms with van der Waals surface area (Å²) in [7, 11) is 0. The van der Waals surface area contributed by atoms with Gasteiger partial charge in [-0.15, -0.1) is 0 Å². The van der Waals surface area contributed by atoms with Crippen LogP contribution in [0, 0.1) is 11.3 Å². The molecule has 0 saturated carbocycles. The maximum atomic E-state index is 7.51. The highest BCUT2D eigenvalue weighted by molar-refractivity contribution is 5.53. The third kappa shape index (κ3) is 2.15. The van der Waals surface area contributed by atoms with Crippen LogP contribution in [-0.4, -0.2) is 0 Å². The summed E-state index contributed by atoms with van der Waals surface area (Å²) in [4.78, 5) is 0. The first-order valence-electron chi connectivity index (χ1n) is 3.16. The van der Waals surface area contributed by atoms with Gasteiger partial charge in [-0.2, -0.15) is 5.26 Å². The SMILES string of the molecule is C=CC#N.c1ccc2c(c1)O2. The molecular formula is C9H7NO. The van der Waals surface area contributed by atoms with Crippen molar-refractivity contribution in [1.29, 1.82) is 5.26 Å². The molecule has 0 spiro atoms. The molecule has 0 radical (unpaired) electrons. The van der Waals surface area contributed by atoms with Gasteiger partial charge in [0, 0.05) is 6.08 Å². The quantitative estimate of drug-likeness (QED) is 0.421. The van der Waals surface area contributed by atoms with Crippen LogP contribution < -0.4 is 4.74 Å². The lowest BCUT2D eigenvalue weighted by molar-refractivity contribution is 0.650. The van der Waals surface area contributed by atoms with Gasteiger partial charge < -0.3 is 4.74 Å². The molecule has 0 atom stereocenters. The average molecular weight is 145 g/mol. The highest BCUT2D eigenvalue weighted by Gasteiger charge is 2.15. The van der Waals surface area contributed by atoms with Crippen LogP contribution in [0.25, 0.3) is 0 Å². The maximum absolute atomic E-state index is 7.51. The number of rotatable bonds is 0. The van der Waals surface area contributed by atoms with Crippen molar-refractivity contribution in [3.8, 4) is 17.6 Å². The Morgan fingerprint density at radius 2 is 1.82 bits per heavy atom. The van der Waals surface area contributed by atoms with Gasteiger partial charge in [0.25, 0.3) is 0 Å². The van der Waals surface area contributed by atoms with E-state index in [9.17, 15) is 0 Å². The summed E-state index contributed by atoms with van der Waals surface area (Å²) < 4.78 is 4.94. The average Bonchev–Trinajstić information content (AvgIpc) is 2.83. The standard InChI is InChI=1S/C6H4O.C3H3N/c1-2-4-6-5(3-1)7-6;1-2-3-4/h1-4H;2H,1H2. The summed E-state index contributed by atoms with van der Waals surface area (Å²) in [6, 6.07) is 9.53. The predicted octanol–water partition coefficient (Wildman–Crippen LogP) is 2.49. The molecule has 1 aliphatic rings. The summed E-state index contributed by atoms with van der Waals surface area (Å²) in [5, 5.41) is 7.51. The molecule has 0 aliphatic carbocycles. The molecule has 2 rings (SSSR count). The van der Waals surface area contributed by atoms with Gasteiger partial charge in [-0.1, -0.05) is 18.7 Å². The normalized spacial score (nSPS) is 9.00. The van der Waals surface area contributed by atoms with E-state index in [0.29, 0.717) is 0 Å². The fourth-order valence-electron chi connectivity index (χ4n) is 0.611. The smallest absolute Gasteiger partial charge is 0.170 e. The summed E-state index contributed by atoms with van der Waals surface area (Å²) in [5.41, 5.74) is 0. The molecule has 1 aromatic rings. The van der Waals surface area contributed by atoms with Gasteiger partial charge in [0.05, 0.1) is 6.07 Å². The fourth-order valence-corrected chi connectivity index (χ4v) is 0.611. The highest BCUT2D eigenvalue weighted by Crippen LogP contribution is 2.43. The predicted molar refractivity (Wildman–Crippen MR) is 42.3 cm³/mol. The Bertz CT molecular complexity index is 278. The number of para-hydroxylation sites is 2. The molecule has 0 aromatic heterocycles. The zero-order valence-corrected chi connectivity index (χ0v) is 5.95. The van der Waals surface area contributed by atoms with Crippen LogP contribution in [0.3, 0.4) is 0 Å². The first-order valence-corrected chi connectivity index (χ1v) is 3.16. The number of nitriles is 1. The van der Waals surface area contributed by atoms with Crippen molar-refractivity contribution in [3.63, 3.8) is 0 Å². The molecule has 0 bridgehead atoms. The lowest BCUT2D eigenvalue weighted by Crippen LogP contribution is -1.37. The van der Waals surface area contributed by atoms with Gasteiger partial charge >= 0.3 is 0 Å². The van der Waals surface area contributed by atoms with Gasteiger partial charge in [0.2, 0.25) is 0 Å². The lowest BCUT2D eigenvalue weighted by atomic mass is 10.4. The minimum absolute atomic E-state index is 1.03. The molecule has 54 valence electrons. The van der Waals surface area contributed by atoms with E-state index in [4.69, 9.17) is 10.00 Å². The van der Waals surface area contributed by atoms with Crippen molar-refractivity contribution < 1.29 is 4.74 Å². The third-order valence-corrected chi connectivity index (χ3v) is 1.12. The van der Waals surface area contributed by atoms with Crippen molar-refractivity contribution in [1.82, 2.24) is 0 Å². The molecule has 1 aliphatic heterocycles. The van der Waals surface area contributed by atoms with Gasteiger partial charge in [-0.25, -0.2) is 0 Å². The molecule has 1 heterocycles. The van der Waals surface area contributed by atoms with Crippen LogP contribution in [-0.2, 0) is 0 Å². The first-order chi connectivity index (χ1) is 5.38. The molecule has 11 heavy (non-hydrogen) atoms. The van der Waals surface area contributed by atoms with Crippen molar-refractivity contribution >= 4 is 0 Å². The largest absolute Gasteiger partial charge is 0.450 e. The second-order valence-corrected chi connectivity index (χ2v) is 1.88. The molecule has 0 N–H and O–H groups in total. The van der Waals surface area contributed by atoms with E-state index in [1.54, 1.807) is 6.07 Å². The van der Waals surface area contributed by atoms with E-state index in [1.165, 1.54) is 6.08 Å². The number of fused-ring (bicyclic) bond motifs is 1. The molecule has 2 heteroatoms. The summed E-state index contributed by atoms with van der Waals surface area (Å²) in [6.45, 7) is 3.12. The minimum Gasteiger partial charge on any atom is -0.450 e. The highest BCUT2D eigenvalue weighted by atomic mass is 16.6. The van der Waals surface area contributed by atoms with Gasteiger partial charge in [0.1, 0.15) is 0 Å². The maximum Gasteiger partial charge on any atom is 0.170 e. The fraction of sp³-hybridized carbons (Fsp3) is 0. The van der Waals surface area contributed by atoms with E-state index in [1.807, 2.05) is 24.3 Å². The summed E-state index contributed by atoms with van der Waals surface area (Å²) in [6.07, 6.45) is 1.18. The zero-order valence-electron chi connectivity index (χ0n) is 5.95. The van der Waals surface area contributed by atoms with E-state index in [0.717, 1.165) is 11.5 Å². The Kier molecular flexibility index (Phi) is 2.29. The van der Waals surface area contributed by atoms with Gasteiger partial charge in [-0.3, -0.25) is 0 Å². The van der Waals surface area contributed by atoms with Crippen LogP contribution >= 0.6 is 0 Å². The Hall–Kier alpha value is -1.75. The number of hydrogen-bond acceptors (Lipinski definition) is 2. The van der Waals surface area contributed by atoms with Crippen LogP contribution in [0.2, 0.25) is 0 Å². The molecule has 0 saturated heterocycles. The van der Waals surface area contributed by atoms with E-state index in [-0.39, 0.29) is 0 Å². The lowest BCUT2D eigenvalue weighted by Gasteiger charge is -1.61. The molecule has 0 unspecified atom stereocenters. The summed E-state index contributed by atoms with van der Waals surface area (Å²) in [5.74, 6) is 2.06.